The van der Waals surface area contributed by atoms with Crippen LogP contribution in [0.25, 0.3) is 0 Å². The highest BCUT2D eigenvalue weighted by Gasteiger charge is 2.12. The quantitative estimate of drug-likeness (QED) is 0.893. The molecule has 0 aliphatic rings. The molecule has 0 fully saturated rings. The molecule has 98 valence electrons. The minimum Gasteiger partial charge on any atom is -0.478 e. The average Bonchev–Trinajstić information content (AvgIpc) is 2.34. The molecule has 2 aromatic carbocycles. The van der Waals surface area contributed by atoms with Crippen LogP contribution in [0.4, 0.5) is 20.2 Å². The summed E-state index contributed by atoms with van der Waals surface area (Å²) in [7, 11) is 0. The lowest BCUT2D eigenvalue weighted by Gasteiger charge is -2.10. The summed E-state index contributed by atoms with van der Waals surface area (Å²) >= 11 is 5.70. The van der Waals surface area contributed by atoms with Gasteiger partial charge in [-0.25, -0.2) is 13.6 Å². The smallest absolute Gasteiger partial charge is 0.337 e. The van der Waals surface area contributed by atoms with E-state index < -0.39 is 17.6 Å². The van der Waals surface area contributed by atoms with Gasteiger partial charge in [-0.15, -0.1) is 0 Å². The second-order valence-corrected chi connectivity index (χ2v) is 4.18. The van der Waals surface area contributed by atoms with Gasteiger partial charge in [0.1, 0.15) is 11.6 Å². The van der Waals surface area contributed by atoms with Gasteiger partial charge in [-0.1, -0.05) is 11.6 Å². The fourth-order valence-electron chi connectivity index (χ4n) is 1.54. The molecule has 0 saturated carbocycles. The van der Waals surface area contributed by atoms with E-state index in [0.717, 1.165) is 6.07 Å². The predicted molar refractivity (Wildman–Crippen MR) is 68.1 cm³/mol. The van der Waals surface area contributed by atoms with E-state index in [-0.39, 0.29) is 22.0 Å². The zero-order chi connectivity index (χ0) is 14.0. The van der Waals surface area contributed by atoms with Gasteiger partial charge in [0.25, 0.3) is 0 Å². The summed E-state index contributed by atoms with van der Waals surface area (Å²) in [4.78, 5) is 11.1. The summed E-state index contributed by atoms with van der Waals surface area (Å²) in [6.45, 7) is 0. The molecule has 0 aliphatic heterocycles. The molecule has 0 unspecified atom stereocenters. The van der Waals surface area contributed by atoms with Gasteiger partial charge < -0.3 is 10.4 Å². The van der Waals surface area contributed by atoms with Gasteiger partial charge in [-0.05, 0) is 30.3 Å². The highest BCUT2D eigenvalue weighted by atomic mass is 35.5. The second kappa shape index (κ2) is 5.24. The first-order chi connectivity index (χ1) is 8.97. The third-order valence-electron chi connectivity index (χ3n) is 2.41. The Hall–Kier alpha value is -2.14. The van der Waals surface area contributed by atoms with Crippen LogP contribution in [0.15, 0.2) is 36.4 Å². The Bertz CT molecular complexity index is 647. The van der Waals surface area contributed by atoms with Gasteiger partial charge in [0.15, 0.2) is 0 Å². The van der Waals surface area contributed by atoms with Crippen LogP contribution in [0.5, 0.6) is 0 Å². The summed E-state index contributed by atoms with van der Waals surface area (Å²) in [6.07, 6.45) is 0. The molecule has 0 aliphatic carbocycles. The monoisotopic (exact) mass is 283 g/mol. The summed E-state index contributed by atoms with van der Waals surface area (Å²) in [5.41, 5.74) is 0.0462. The molecule has 0 amide bonds. The number of anilines is 2. The van der Waals surface area contributed by atoms with Gasteiger partial charge in [-0.3, -0.25) is 0 Å². The van der Waals surface area contributed by atoms with Crippen molar-refractivity contribution in [3.05, 3.63) is 58.6 Å². The summed E-state index contributed by atoms with van der Waals surface area (Å²) in [5.74, 6) is -2.73. The first-order valence-electron chi connectivity index (χ1n) is 5.22. The number of hydrogen-bond acceptors (Lipinski definition) is 2. The Labute approximate surface area is 112 Å². The molecule has 3 nitrogen and oxygen atoms in total. The zero-order valence-electron chi connectivity index (χ0n) is 9.45. The van der Waals surface area contributed by atoms with Gasteiger partial charge in [0.05, 0.1) is 16.9 Å². The SMILES string of the molecule is O=C(O)c1cc(Cl)ccc1Nc1ccc(F)cc1F. The normalized spacial score (nSPS) is 10.3. The van der Waals surface area contributed by atoms with Crippen LogP contribution in [0, 0.1) is 11.6 Å². The first-order valence-corrected chi connectivity index (χ1v) is 5.60. The van der Waals surface area contributed by atoms with Gasteiger partial charge in [-0.2, -0.15) is 0 Å². The van der Waals surface area contributed by atoms with Crippen molar-refractivity contribution >= 4 is 28.9 Å². The molecule has 2 N–H and O–H groups in total. The summed E-state index contributed by atoms with van der Waals surface area (Å²) < 4.78 is 26.2. The maximum atomic E-state index is 13.5. The van der Waals surface area contributed by atoms with Crippen molar-refractivity contribution < 1.29 is 18.7 Å². The van der Waals surface area contributed by atoms with E-state index in [1.807, 2.05) is 0 Å². The number of carboxylic acids is 1. The molecular formula is C13H8ClF2NO2. The lowest BCUT2D eigenvalue weighted by molar-refractivity contribution is 0.0698. The Morgan fingerprint density at radius 1 is 1.11 bits per heavy atom. The number of benzene rings is 2. The number of hydrogen-bond donors (Lipinski definition) is 2. The molecule has 0 aromatic heterocycles. The number of carboxylic acid groups (broad SMARTS) is 1. The molecule has 0 heterocycles. The zero-order valence-corrected chi connectivity index (χ0v) is 10.2. The van der Waals surface area contributed by atoms with Gasteiger partial charge in [0.2, 0.25) is 0 Å². The first kappa shape index (κ1) is 13.3. The van der Waals surface area contributed by atoms with Crippen LogP contribution < -0.4 is 5.32 Å². The fraction of sp³-hybridized carbons (Fsp3) is 0. The molecule has 6 heteroatoms. The van der Waals surface area contributed by atoms with Crippen LogP contribution >= 0.6 is 11.6 Å². The van der Waals surface area contributed by atoms with Crippen molar-refractivity contribution in [1.82, 2.24) is 0 Å². The molecule has 19 heavy (non-hydrogen) atoms. The van der Waals surface area contributed by atoms with Crippen LogP contribution in [0.2, 0.25) is 5.02 Å². The molecule has 0 spiro atoms. The molecule has 0 atom stereocenters. The minimum atomic E-state index is -1.20. The largest absolute Gasteiger partial charge is 0.478 e. The van der Waals surface area contributed by atoms with E-state index in [0.29, 0.717) is 6.07 Å². The van der Waals surface area contributed by atoms with E-state index >= 15 is 0 Å². The third-order valence-corrected chi connectivity index (χ3v) is 2.65. The van der Waals surface area contributed by atoms with Crippen molar-refractivity contribution in [2.24, 2.45) is 0 Å². The standard InChI is InChI=1S/C13H8ClF2NO2/c14-7-1-3-11(9(5-7)13(18)19)17-12-4-2-8(15)6-10(12)16/h1-6,17H,(H,18,19). The number of carbonyl (C=O) groups is 1. The van der Waals surface area contributed by atoms with E-state index in [9.17, 15) is 13.6 Å². The van der Waals surface area contributed by atoms with Crippen molar-refractivity contribution in [3.63, 3.8) is 0 Å². The van der Waals surface area contributed by atoms with Crippen molar-refractivity contribution in [3.8, 4) is 0 Å². The Balaban J connectivity index is 2.40. The summed E-state index contributed by atoms with van der Waals surface area (Å²) in [5, 5.41) is 11.9. The minimum absolute atomic E-state index is 0.0220. The van der Waals surface area contributed by atoms with Crippen molar-refractivity contribution in [2.75, 3.05) is 5.32 Å². The van der Waals surface area contributed by atoms with E-state index in [2.05, 4.69) is 5.32 Å². The van der Waals surface area contributed by atoms with Gasteiger partial charge in [0, 0.05) is 11.1 Å². The molecule has 2 aromatic rings. The maximum absolute atomic E-state index is 13.5. The third kappa shape index (κ3) is 3.00. The fourth-order valence-corrected chi connectivity index (χ4v) is 1.71. The average molecular weight is 284 g/mol. The van der Waals surface area contributed by atoms with Crippen LogP contribution in [-0.2, 0) is 0 Å². The van der Waals surface area contributed by atoms with E-state index in [1.54, 1.807) is 0 Å². The van der Waals surface area contributed by atoms with E-state index in [1.165, 1.54) is 24.3 Å². The van der Waals surface area contributed by atoms with E-state index in [4.69, 9.17) is 16.7 Å². The number of nitrogens with one attached hydrogen (secondary N) is 1. The Morgan fingerprint density at radius 3 is 2.42 bits per heavy atom. The number of halogens is 3. The van der Waals surface area contributed by atoms with Crippen molar-refractivity contribution in [2.45, 2.75) is 0 Å². The molecule has 0 bridgehead atoms. The Morgan fingerprint density at radius 2 is 1.79 bits per heavy atom. The van der Waals surface area contributed by atoms with Crippen LogP contribution in [0.3, 0.4) is 0 Å². The summed E-state index contributed by atoms with van der Waals surface area (Å²) in [6, 6.07) is 7.09. The van der Waals surface area contributed by atoms with Gasteiger partial charge >= 0.3 is 5.97 Å². The highest BCUT2D eigenvalue weighted by molar-refractivity contribution is 6.31. The molecule has 2 rings (SSSR count). The second-order valence-electron chi connectivity index (χ2n) is 3.74. The lowest BCUT2D eigenvalue weighted by atomic mass is 10.1. The highest BCUT2D eigenvalue weighted by Crippen LogP contribution is 2.26. The topological polar surface area (TPSA) is 49.3 Å². The van der Waals surface area contributed by atoms with Crippen LogP contribution in [-0.4, -0.2) is 11.1 Å². The maximum Gasteiger partial charge on any atom is 0.337 e. The lowest BCUT2D eigenvalue weighted by Crippen LogP contribution is -2.03. The number of aromatic carboxylic acids is 1. The van der Waals surface area contributed by atoms with Crippen molar-refractivity contribution in [1.29, 1.82) is 0 Å². The number of rotatable bonds is 3. The van der Waals surface area contributed by atoms with Crippen LogP contribution in [0.1, 0.15) is 10.4 Å². The predicted octanol–water partition coefficient (Wildman–Crippen LogP) is 4.06. The molecule has 0 saturated heterocycles. The Kier molecular flexibility index (Phi) is 3.66. The molecule has 0 radical (unpaired) electrons. The molecular weight excluding hydrogens is 276 g/mol.